The molecule has 0 N–H and O–H groups in total. The van der Waals surface area contributed by atoms with Crippen molar-refractivity contribution in [2.45, 2.75) is 5.75 Å². The number of aromatic nitrogens is 1. The second-order valence-electron chi connectivity index (χ2n) is 3.91. The highest BCUT2D eigenvalue weighted by molar-refractivity contribution is 7.98. The van der Waals surface area contributed by atoms with E-state index in [4.69, 9.17) is 9.47 Å². The van der Waals surface area contributed by atoms with E-state index in [1.54, 1.807) is 13.3 Å². The number of benzene rings is 1. The molecule has 2 aromatic rings. The number of nitrogens with zero attached hydrogens (tertiary/aromatic N) is 1. The van der Waals surface area contributed by atoms with Crippen molar-refractivity contribution in [1.29, 1.82) is 0 Å². The Labute approximate surface area is 118 Å². The Morgan fingerprint density at radius 1 is 1.11 bits per heavy atom. The lowest BCUT2D eigenvalue weighted by Crippen LogP contribution is -2.01. The number of ether oxygens (including phenoxy) is 2. The molecule has 0 amide bonds. The van der Waals surface area contributed by atoms with Gasteiger partial charge in [0.05, 0.1) is 13.7 Å². The molecule has 100 valence electrons. The molecule has 0 radical (unpaired) electrons. The lowest BCUT2D eigenvalue weighted by Gasteiger charge is -2.09. The molecule has 19 heavy (non-hydrogen) atoms. The van der Waals surface area contributed by atoms with Gasteiger partial charge in [0.2, 0.25) is 0 Å². The Morgan fingerprint density at radius 2 is 1.95 bits per heavy atom. The number of pyridine rings is 1. The third-order valence-corrected chi connectivity index (χ3v) is 3.54. The molecule has 0 atom stereocenters. The fraction of sp³-hybridized carbons (Fsp3) is 0.267. The smallest absolute Gasteiger partial charge is 0.161 e. The molecule has 0 spiro atoms. The molecule has 1 heterocycles. The Morgan fingerprint density at radius 3 is 2.68 bits per heavy atom. The molecule has 0 aliphatic carbocycles. The maximum absolute atomic E-state index is 5.70. The summed E-state index contributed by atoms with van der Waals surface area (Å²) in [5, 5.41) is 0. The summed E-state index contributed by atoms with van der Waals surface area (Å²) in [4.78, 5) is 4.09. The Kier molecular flexibility index (Phi) is 5.56. The molecule has 0 fully saturated rings. The summed E-state index contributed by atoms with van der Waals surface area (Å²) < 4.78 is 10.9. The monoisotopic (exact) mass is 275 g/mol. The second-order valence-corrected chi connectivity index (χ2v) is 5.02. The zero-order chi connectivity index (χ0) is 13.3. The molecule has 3 nitrogen and oxygen atoms in total. The SMILES string of the molecule is COc1ccccc1OCCSCc1cccnc1. The van der Waals surface area contributed by atoms with Gasteiger partial charge < -0.3 is 9.47 Å². The number of methoxy groups -OCH3 is 1. The highest BCUT2D eigenvalue weighted by Crippen LogP contribution is 2.25. The molecule has 4 heteroatoms. The summed E-state index contributed by atoms with van der Waals surface area (Å²) >= 11 is 1.83. The third-order valence-electron chi connectivity index (χ3n) is 2.55. The maximum Gasteiger partial charge on any atom is 0.161 e. The van der Waals surface area contributed by atoms with Gasteiger partial charge in [0.15, 0.2) is 11.5 Å². The fourth-order valence-electron chi connectivity index (χ4n) is 1.62. The minimum atomic E-state index is 0.672. The highest BCUT2D eigenvalue weighted by atomic mass is 32.2. The summed E-state index contributed by atoms with van der Waals surface area (Å²) in [6, 6.07) is 11.7. The van der Waals surface area contributed by atoms with E-state index in [2.05, 4.69) is 11.1 Å². The molecule has 0 aliphatic rings. The average molecular weight is 275 g/mol. The number of rotatable bonds is 7. The molecule has 0 aliphatic heterocycles. The molecule has 0 unspecified atom stereocenters. The van der Waals surface area contributed by atoms with E-state index in [1.165, 1.54) is 5.56 Å². The summed E-state index contributed by atoms with van der Waals surface area (Å²) in [7, 11) is 1.65. The quantitative estimate of drug-likeness (QED) is 0.725. The van der Waals surface area contributed by atoms with Gasteiger partial charge in [-0.2, -0.15) is 11.8 Å². The third kappa shape index (κ3) is 4.48. The predicted molar refractivity (Wildman–Crippen MR) is 78.9 cm³/mol. The minimum absolute atomic E-state index is 0.672. The van der Waals surface area contributed by atoms with Gasteiger partial charge in [0, 0.05) is 23.9 Å². The van der Waals surface area contributed by atoms with Crippen LogP contribution in [0.5, 0.6) is 11.5 Å². The predicted octanol–water partition coefficient (Wildman–Crippen LogP) is 3.40. The molecule has 0 saturated carbocycles. The van der Waals surface area contributed by atoms with Crippen molar-refractivity contribution < 1.29 is 9.47 Å². The van der Waals surface area contributed by atoms with Gasteiger partial charge in [-0.3, -0.25) is 4.98 Å². The van der Waals surface area contributed by atoms with Crippen molar-refractivity contribution in [3.05, 3.63) is 54.4 Å². The first-order chi connectivity index (χ1) is 9.40. The molecule has 1 aromatic carbocycles. The first-order valence-corrected chi connectivity index (χ1v) is 7.28. The highest BCUT2D eigenvalue weighted by Gasteiger charge is 2.01. The van der Waals surface area contributed by atoms with E-state index in [1.807, 2.05) is 48.3 Å². The van der Waals surface area contributed by atoms with E-state index >= 15 is 0 Å². The molecular weight excluding hydrogens is 258 g/mol. The molecule has 2 rings (SSSR count). The van der Waals surface area contributed by atoms with Crippen LogP contribution in [0.4, 0.5) is 0 Å². The van der Waals surface area contributed by atoms with Crippen molar-refractivity contribution >= 4 is 11.8 Å². The number of para-hydroxylation sites is 2. The number of hydrogen-bond donors (Lipinski definition) is 0. The average Bonchev–Trinajstić information content (AvgIpc) is 2.48. The van der Waals surface area contributed by atoms with Gasteiger partial charge in [0.25, 0.3) is 0 Å². The second kappa shape index (κ2) is 7.69. The van der Waals surface area contributed by atoms with Gasteiger partial charge in [-0.1, -0.05) is 18.2 Å². The van der Waals surface area contributed by atoms with Gasteiger partial charge in [-0.25, -0.2) is 0 Å². The number of thioether (sulfide) groups is 1. The van der Waals surface area contributed by atoms with Crippen LogP contribution < -0.4 is 9.47 Å². The van der Waals surface area contributed by atoms with E-state index in [9.17, 15) is 0 Å². The van der Waals surface area contributed by atoms with Crippen LogP contribution in [0, 0.1) is 0 Å². The topological polar surface area (TPSA) is 31.4 Å². The van der Waals surface area contributed by atoms with Gasteiger partial charge >= 0.3 is 0 Å². The van der Waals surface area contributed by atoms with Crippen molar-refractivity contribution in [2.75, 3.05) is 19.5 Å². The van der Waals surface area contributed by atoms with E-state index in [0.29, 0.717) is 6.61 Å². The number of hydrogen-bond acceptors (Lipinski definition) is 4. The van der Waals surface area contributed by atoms with Crippen LogP contribution in [0.3, 0.4) is 0 Å². The lowest BCUT2D eigenvalue weighted by molar-refractivity contribution is 0.313. The van der Waals surface area contributed by atoms with Crippen LogP contribution in [0.15, 0.2) is 48.8 Å². The minimum Gasteiger partial charge on any atom is -0.493 e. The summed E-state index contributed by atoms with van der Waals surface area (Å²) in [5.41, 5.74) is 1.24. The summed E-state index contributed by atoms with van der Waals surface area (Å²) in [6.45, 7) is 0.672. The fourth-order valence-corrected chi connectivity index (χ4v) is 2.37. The van der Waals surface area contributed by atoms with Gasteiger partial charge in [-0.15, -0.1) is 0 Å². The summed E-state index contributed by atoms with van der Waals surface area (Å²) in [6.07, 6.45) is 3.69. The standard InChI is InChI=1S/C15H17NO2S/c1-17-14-6-2-3-7-15(14)18-9-10-19-12-13-5-4-8-16-11-13/h2-8,11H,9-10,12H2,1H3. The van der Waals surface area contributed by atoms with Crippen LogP contribution in [0.1, 0.15) is 5.56 Å². The van der Waals surface area contributed by atoms with Crippen LogP contribution >= 0.6 is 11.8 Å². The van der Waals surface area contributed by atoms with Crippen molar-refractivity contribution in [1.82, 2.24) is 4.98 Å². The van der Waals surface area contributed by atoms with Crippen molar-refractivity contribution in [3.8, 4) is 11.5 Å². The largest absolute Gasteiger partial charge is 0.493 e. The normalized spacial score (nSPS) is 10.2. The van der Waals surface area contributed by atoms with Crippen LogP contribution in [-0.2, 0) is 5.75 Å². The van der Waals surface area contributed by atoms with E-state index < -0.39 is 0 Å². The van der Waals surface area contributed by atoms with Crippen LogP contribution in [0.25, 0.3) is 0 Å². The first kappa shape index (κ1) is 13.7. The van der Waals surface area contributed by atoms with Crippen molar-refractivity contribution in [2.24, 2.45) is 0 Å². The van der Waals surface area contributed by atoms with Crippen molar-refractivity contribution in [3.63, 3.8) is 0 Å². The molecule has 0 saturated heterocycles. The van der Waals surface area contributed by atoms with Gasteiger partial charge in [-0.05, 0) is 23.8 Å². The zero-order valence-electron chi connectivity index (χ0n) is 10.9. The Balaban J connectivity index is 1.69. The maximum atomic E-state index is 5.70. The van der Waals surface area contributed by atoms with Crippen LogP contribution in [-0.4, -0.2) is 24.5 Å². The summed E-state index contributed by atoms with van der Waals surface area (Å²) in [5.74, 6) is 3.47. The molecule has 1 aromatic heterocycles. The lowest BCUT2D eigenvalue weighted by atomic mass is 10.3. The zero-order valence-corrected chi connectivity index (χ0v) is 11.7. The van der Waals surface area contributed by atoms with Gasteiger partial charge in [0.1, 0.15) is 0 Å². The van der Waals surface area contributed by atoms with Crippen LogP contribution in [0.2, 0.25) is 0 Å². The van der Waals surface area contributed by atoms with E-state index in [-0.39, 0.29) is 0 Å². The first-order valence-electron chi connectivity index (χ1n) is 6.12. The Hall–Kier alpha value is -1.68. The molecular formula is C15H17NO2S. The van der Waals surface area contributed by atoms with E-state index in [0.717, 1.165) is 23.0 Å². The molecule has 0 bridgehead atoms. The Bertz CT molecular complexity index is 491.